The van der Waals surface area contributed by atoms with Crippen molar-refractivity contribution in [3.8, 4) is 0 Å². The first-order valence-electron chi connectivity index (χ1n) is 13.3. The first-order chi connectivity index (χ1) is 15.0. The molecule has 0 bridgehead atoms. The summed E-state index contributed by atoms with van der Waals surface area (Å²) in [5.74, 6) is 3.80. The minimum Gasteiger partial charge on any atom is -0.391 e. The number of fused-ring (bicyclic) bond motifs is 5. The Kier molecular flexibility index (Phi) is 6.62. The van der Waals surface area contributed by atoms with Crippen molar-refractivity contribution >= 4 is 5.91 Å². The summed E-state index contributed by atoms with van der Waals surface area (Å²) in [4.78, 5) is 14.9. The predicted molar refractivity (Wildman–Crippen MR) is 131 cm³/mol. The topological polar surface area (TPSA) is 52.6 Å². The van der Waals surface area contributed by atoms with Gasteiger partial charge in [0.05, 0.1) is 12.1 Å². The Labute approximate surface area is 196 Å². The SMILES string of the molecule is CC=C(C)C(=O)NC1CC2CCC3C(CCC4(C)C3CCC4C(C)N(C)C)C2(C)CC1O. The van der Waals surface area contributed by atoms with Crippen LogP contribution in [-0.2, 0) is 4.79 Å². The maximum Gasteiger partial charge on any atom is 0.246 e. The van der Waals surface area contributed by atoms with E-state index in [1.807, 2.05) is 19.9 Å². The van der Waals surface area contributed by atoms with Crippen LogP contribution in [0.5, 0.6) is 0 Å². The zero-order chi connectivity index (χ0) is 23.4. The van der Waals surface area contributed by atoms with Gasteiger partial charge in [0.2, 0.25) is 5.91 Å². The van der Waals surface area contributed by atoms with Crippen LogP contribution in [-0.4, -0.2) is 48.2 Å². The lowest BCUT2D eigenvalue weighted by atomic mass is 9.44. The number of hydrogen-bond acceptors (Lipinski definition) is 3. The van der Waals surface area contributed by atoms with Gasteiger partial charge in [-0.15, -0.1) is 0 Å². The van der Waals surface area contributed by atoms with E-state index in [4.69, 9.17) is 0 Å². The number of aliphatic hydroxyl groups is 1. The fourth-order valence-electron chi connectivity index (χ4n) is 9.06. The van der Waals surface area contributed by atoms with Crippen molar-refractivity contribution < 1.29 is 9.90 Å². The number of aliphatic hydroxyl groups excluding tert-OH is 1. The molecule has 4 fully saturated rings. The molecule has 0 aliphatic heterocycles. The van der Waals surface area contributed by atoms with Crippen molar-refractivity contribution in [2.24, 2.45) is 40.4 Å². The molecular formula is C28H48N2O2. The first kappa shape index (κ1) is 24.3. The van der Waals surface area contributed by atoms with Crippen LogP contribution in [0.15, 0.2) is 11.6 Å². The van der Waals surface area contributed by atoms with E-state index in [1.165, 1.54) is 38.5 Å². The normalized spacial score (nSPS) is 47.4. The van der Waals surface area contributed by atoms with E-state index in [9.17, 15) is 9.90 Å². The fourth-order valence-corrected chi connectivity index (χ4v) is 9.06. The summed E-state index contributed by atoms with van der Waals surface area (Å²) >= 11 is 0. The Morgan fingerprint density at radius 1 is 1.09 bits per heavy atom. The van der Waals surface area contributed by atoms with Gasteiger partial charge < -0.3 is 15.3 Å². The van der Waals surface area contributed by atoms with E-state index in [0.29, 0.717) is 17.4 Å². The average Bonchev–Trinajstić information content (AvgIpc) is 3.10. The monoisotopic (exact) mass is 444 g/mol. The third-order valence-corrected chi connectivity index (χ3v) is 11.3. The molecule has 4 aliphatic carbocycles. The van der Waals surface area contributed by atoms with Crippen molar-refractivity contribution in [1.29, 1.82) is 0 Å². The van der Waals surface area contributed by atoms with Crippen LogP contribution in [0.4, 0.5) is 0 Å². The minimum absolute atomic E-state index is 0.0192. The zero-order valence-electron chi connectivity index (χ0n) is 21.7. The van der Waals surface area contributed by atoms with E-state index in [-0.39, 0.29) is 17.4 Å². The van der Waals surface area contributed by atoms with Gasteiger partial charge in [0, 0.05) is 11.6 Å². The summed E-state index contributed by atoms with van der Waals surface area (Å²) < 4.78 is 0. The number of carbonyl (C=O) groups is 1. The number of nitrogens with one attached hydrogen (secondary N) is 1. The molecule has 4 rings (SSSR count). The molecule has 0 radical (unpaired) electrons. The molecule has 0 heterocycles. The van der Waals surface area contributed by atoms with Crippen LogP contribution in [0, 0.1) is 40.4 Å². The van der Waals surface area contributed by atoms with E-state index in [0.717, 1.165) is 42.1 Å². The van der Waals surface area contributed by atoms with Crippen LogP contribution in [0.25, 0.3) is 0 Å². The van der Waals surface area contributed by atoms with Gasteiger partial charge in [0.25, 0.3) is 0 Å². The molecule has 0 spiro atoms. The first-order valence-corrected chi connectivity index (χ1v) is 13.3. The molecule has 0 aromatic heterocycles. The van der Waals surface area contributed by atoms with E-state index in [2.05, 4.69) is 45.1 Å². The number of nitrogens with zero attached hydrogens (tertiary/aromatic N) is 1. The predicted octanol–water partition coefficient (Wildman–Crippen LogP) is 5.02. The van der Waals surface area contributed by atoms with Crippen molar-refractivity contribution in [3.05, 3.63) is 11.6 Å². The Morgan fingerprint density at radius 3 is 2.44 bits per heavy atom. The van der Waals surface area contributed by atoms with Crippen molar-refractivity contribution in [3.63, 3.8) is 0 Å². The van der Waals surface area contributed by atoms with Crippen LogP contribution < -0.4 is 5.32 Å². The molecule has 1 amide bonds. The second-order valence-corrected chi connectivity index (χ2v) is 12.6. The van der Waals surface area contributed by atoms with Gasteiger partial charge in [0.15, 0.2) is 0 Å². The van der Waals surface area contributed by atoms with E-state index in [1.54, 1.807) is 0 Å². The highest BCUT2D eigenvalue weighted by molar-refractivity contribution is 5.92. The summed E-state index contributed by atoms with van der Waals surface area (Å²) in [6.07, 6.45) is 11.3. The third-order valence-electron chi connectivity index (χ3n) is 11.3. The third kappa shape index (κ3) is 3.78. The second kappa shape index (κ2) is 8.73. The molecule has 10 atom stereocenters. The fraction of sp³-hybridized carbons (Fsp3) is 0.893. The van der Waals surface area contributed by atoms with Gasteiger partial charge in [-0.05, 0) is 127 Å². The van der Waals surface area contributed by atoms with Crippen LogP contribution in [0.2, 0.25) is 0 Å². The van der Waals surface area contributed by atoms with E-state index >= 15 is 0 Å². The molecule has 0 aromatic rings. The van der Waals surface area contributed by atoms with Gasteiger partial charge in [0.1, 0.15) is 0 Å². The van der Waals surface area contributed by atoms with Crippen LogP contribution in [0.1, 0.15) is 86.0 Å². The molecule has 4 nitrogen and oxygen atoms in total. The highest BCUT2D eigenvalue weighted by atomic mass is 16.3. The molecule has 10 unspecified atom stereocenters. The van der Waals surface area contributed by atoms with Gasteiger partial charge in [-0.2, -0.15) is 0 Å². The molecule has 4 saturated carbocycles. The second-order valence-electron chi connectivity index (χ2n) is 12.6. The maximum absolute atomic E-state index is 12.5. The van der Waals surface area contributed by atoms with Crippen LogP contribution in [0.3, 0.4) is 0 Å². The van der Waals surface area contributed by atoms with Crippen molar-refractivity contribution in [1.82, 2.24) is 10.2 Å². The molecule has 32 heavy (non-hydrogen) atoms. The van der Waals surface area contributed by atoms with Crippen LogP contribution >= 0.6 is 0 Å². The summed E-state index contributed by atoms with van der Waals surface area (Å²) in [5.41, 5.74) is 1.43. The number of allylic oxidation sites excluding steroid dienone is 1. The molecule has 0 saturated heterocycles. The number of rotatable bonds is 4. The molecule has 4 aliphatic rings. The summed E-state index contributed by atoms with van der Waals surface area (Å²) in [7, 11) is 4.49. The Balaban J connectivity index is 1.51. The minimum atomic E-state index is -0.429. The number of carbonyl (C=O) groups excluding carboxylic acids is 1. The van der Waals surface area contributed by atoms with Crippen molar-refractivity contribution in [2.45, 2.75) is 104 Å². The molecule has 0 aromatic carbocycles. The Morgan fingerprint density at radius 2 is 1.78 bits per heavy atom. The van der Waals surface area contributed by atoms with Gasteiger partial charge >= 0.3 is 0 Å². The average molecular weight is 445 g/mol. The quantitative estimate of drug-likeness (QED) is 0.599. The molecule has 4 heteroatoms. The van der Waals surface area contributed by atoms with Gasteiger partial charge in [-0.3, -0.25) is 4.79 Å². The highest BCUT2D eigenvalue weighted by Gasteiger charge is 2.61. The smallest absolute Gasteiger partial charge is 0.246 e. The molecule has 182 valence electrons. The molecular weight excluding hydrogens is 396 g/mol. The standard InChI is InChI=1S/C28H48N2O2/c1-8-17(2)26(32)29-24-15-19-9-10-20-22-12-11-21(18(3)30(6)7)27(22,4)14-13-23(20)28(19,5)16-25(24)31/h8,18-25,31H,9-16H2,1-7H3,(H,29,32). The largest absolute Gasteiger partial charge is 0.391 e. The van der Waals surface area contributed by atoms with E-state index < -0.39 is 6.10 Å². The van der Waals surface area contributed by atoms with Gasteiger partial charge in [-0.25, -0.2) is 0 Å². The number of amides is 1. The van der Waals surface area contributed by atoms with Gasteiger partial charge in [-0.1, -0.05) is 19.9 Å². The Hall–Kier alpha value is -0.870. The zero-order valence-corrected chi connectivity index (χ0v) is 21.7. The lowest BCUT2D eigenvalue weighted by molar-refractivity contribution is -0.143. The lowest BCUT2D eigenvalue weighted by Crippen LogP contribution is -2.59. The lowest BCUT2D eigenvalue weighted by Gasteiger charge is -2.62. The number of hydrogen-bond donors (Lipinski definition) is 2. The van der Waals surface area contributed by atoms with Crippen molar-refractivity contribution in [2.75, 3.05) is 14.1 Å². The maximum atomic E-state index is 12.5. The Bertz CT molecular complexity index is 748. The summed E-state index contributed by atoms with van der Waals surface area (Å²) in [5, 5.41) is 14.3. The summed E-state index contributed by atoms with van der Waals surface area (Å²) in [6.45, 7) is 11.3. The highest BCUT2D eigenvalue weighted by Crippen LogP contribution is 2.67. The summed E-state index contributed by atoms with van der Waals surface area (Å²) in [6, 6.07) is 0.549. The molecule has 2 N–H and O–H groups in total.